The fraction of sp³-hybridized carbons (Fsp3) is 0.833. The van der Waals surface area contributed by atoms with Gasteiger partial charge in [-0.2, -0.15) is 5.10 Å². The highest BCUT2D eigenvalue weighted by atomic mass is 16.5. The molecule has 3 fully saturated rings. The lowest BCUT2D eigenvalue weighted by molar-refractivity contribution is 0.0284. The average Bonchev–Trinajstić information content (AvgIpc) is 3.13. The second-order valence-electron chi connectivity index (χ2n) is 7.85. The molecule has 0 bridgehead atoms. The molecule has 1 atom stereocenters. The molecule has 1 aromatic heterocycles. The molecule has 4 heterocycles. The molecule has 3 aliphatic heterocycles. The third-order valence-electron chi connectivity index (χ3n) is 5.86. The number of aromatic nitrogens is 2. The summed E-state index contributed by atoms with van der Waals surface area (Å²) in [4.78, 5) is 5.27. The Morgan fingerprint density at radius 3 is 2.83 bits per heavy atom. The van der Waals surface area contributed by atoms with Crippen molar-refractivity contribution in [1.82, 2.24) is 19.6 Å². The smallest absolute Gasteiger partial charge is 0.0593 e. The molecule has 24 heavy (non-hydrogen) atoms. The van der Waals surface area contributed by atoms with Crippen LogP contribution in [0.25, 0.3) is 0 Å². The van der Waals surface area contributed by atoms with E-state index in [-0.39, 0.29) is 0 Å². The van der Waals surface area contributed by atoms with E-state index < -0.39 is 0 Å². The number of hydrogen-bond acceptors (Lipinski definition) is 5. The van der Waals surface area contributed by atoms with E-state index in [1.54, 1.807) is 0 Å². The third-order valence-corrected chi connectivity index (χ3v) is 5.86. The molecule has 6 heteroatoms. The van der Waals surface area contributed by atoms with Gasteiger partial charge in [-0.05, 0) is 25.8 Å². The van der Waals surface area contributed by atoms with Gasteiger partial charge in [0.15, 0.2) is 0 Å². The first-order valence-electron chi connectivity index (χ1n) is 9.32. The fourth-order valence-corrected chi connectivity index (χ4v) is 4.61. The van der Waals surface area contributed by atoms with Crippen molar-refractivity contribution in [2.75, 3.05) is 52.6 Å². The van der Waals surface area contributed by atoms with Crippen LogP contribution < -0.4 is 0 Å². The molecule has 3 aliphatic rings. The molecule has 134 valence electrons. The Kier molecular flexibility index (Phi) is 4.90. The van der Waals surface area contributed by atoms with Crippen molar-refractivity contribution >= 4 is 0 Å². The first-order valence-corrected chi connectivity index (χ1v) is 9.32. The predicted octanol–water partition coefficient (Wildman–Crippen LogP) is 1.12. The zero-order valence-corrected chi connectivity index (χ0v) is 14.8. The Balaban J connectivity index is 1.40. The Bertz CT molecular complexity index is 543. The number of nitrogens with zero attached hydrogens (tertiary/aromatic N) is 4. The molecule has 4 rings (SSSR count). The standard InChI is InChI=1S/C18H30N4O2/c1-20-11-16(10-19-20)12-21-6-9-24-15-18(13-21)4-5-22(14-18)17-2-7-23-8-3-17/h10-11,17H,2-9,12-15H2,1H3/t18-/m1/s1. The van der Waals surface area contributed by atoms with Crippen LogP contribution >= 0.6 is 0 Å². The van der Waals surface area contributed by atoms with E-state index in [0.717, 1.165) is 46.1 Å². The second kappa shape index (κ2) is 7.12. The van der Waals surface area contributed by atoms with Crippen LogP contribution in [0.2, 0.25) is 0 Å². The van der Waals surface area contributed by atoms with Crippen LogP contribution in [0, 0.1) is 5.41 Å². The topological polar surface area (TPSA) is 42.8 Å². The van der Waals surface area contributed by atoms with Gasteiger partial charge in [-0.1, -0.05) is 0 Å². The fourth-order valence-electron chi connectivity index (χ4n) is 4.61. The minimum Gasteiger partial charge on any atom is -0.381 e. The van der Waals surface area contributed by atoms with Crippen molar-refractivity contribution in [1.29, 1.82) is 0 Å². The van der Waals surface area contributed by atoms with Gasteiger partial charge < -0.3 is 9.47 Å². The molecular formula is C18H30N4O2. The van der Waals surface area contributed by atoms with Gasteiger partial charge in [0.1, 0.15) is 0 Å². The molecule has 3 saturated heterocycles. The van der Waals surface area contributed by atoms with E-state index in [1.807, 2.05) is 17.9 Å². The van der Waals surface area contributed by atoms with Crippen LogP contribution in [0.1, 0.15) is 24.8 Å². The summed E-state index contributed by atoms with van der Waals surface area (Å²) in [5, 5.41) is 4.31. The second-order valence-corrected chi connectivity index (χ2v) is 7.85. The van der Waals surface area contributed by atoms with Gasteiger partial charge in [-0.15, -0.1) is 0 Å². The molecule has 0 radical (unpaired) electrons. The van der Waals surface area contributed by atoms with Crippen molar-refractivity contribution in [2.24, 2.45) is 12.5 Å². The first kappa shape index (κ1) is 16.5. The molecule has 0 unspecified atom stereocenters. The maximum absolute atomic E-state index is 6.03. The van der Waals surface area contributed by atoms with Crippen LogP contribution in [0.3, 0.4) is 0 Å². The van der Waals surface area contributed by atoms with Crippen molar-refractivity contribution in [3.8, 4) is 0 Å². The summed E-state index contributed by atoms with van der Waals surface area (Å²) >= 11 is 0. The molecule has 1 aromatic rings. The largest absolute Gasteiger partial charge is 0.381 e. The summed E-state index contributed by atoms with van der Waals surface area (Å²) in [5.74, 6) is 0. The number of ether oxygens (including phenoxy) is 2. The summed E-state index contributed by atoms with van der Waals surface area (Å²) < 4.78 is 13.5. The highest BCUT2D eigenvalue weighted by Gasteiger charge is 2.43. The van der Waals surface area contributed by atoms with Gasteiger partial charge in [0, 0.05) is 69.7 Å². The highest BCUT2D eigenvalue weighted by molar-refractivity contribution is 5.04. The minimum atomic E-state index is 0.303. The number of rotatable bonds is 3. The zero-order chi connectivity index (χ0) is 16.4. The lowest BCUT2D eigenvalue weighted by atomic mass is 9.87. The summed E-state index contributed by atoms with van der Waals surface area (Å²) in [6, 6.07) is 0.716. The van der Waals surface area contributed by atoms with E-state index in [0.29, 0.717) is 11.5 Å². The van der Waals surface area contributed by atoms with E-state index in [4.69, 9.17) is 9.47 Å². The average molecular weight is 334 g/mol. The summed E-state index contributed by atoms with van der Waals surface area (Å²) in [7, 11) is 1.99. The summed E-state index contributed by atoms with van der Waals surface area (Å²) in [6.07, 6.45) is 7.75. The van der Waals surface area contributed by atoms with Crippen LogP contribution in [-0.4, -0.2) is 78.2 Å². The maximum Gasteiger partial charge on any atom is 0.0593 e. The van der Waals surface area contributed by atoms with Crippen LogP contribution in [0.4, 0.5) is 0 Å². The summed E-state index contributed by atoms with van der Waals surface area (Å²) in [6.45, 7) is 9.16. The van der Waals surface area contributed by atoms with E-state index in [1.165, 1.54) is 37.9 Å². The third kappa shape index (κ3) is 3.67. The molecule has 0 aliphatic carbocycles. The van der Waals surface area contributed by atoms with Crippen LogP contribution in [-0.2, 0) is 23.1 Å². The van der Waals surface area contributed by atoms with Crippen LogP contribution in [0.5, 0.6) is 0 Å². The predicted molar refractivity (Wildman–Crippen MR) is 91.8 cm³/mol. The number of likely N-dealkylation sites (tertiary alicyclic amines) is 1. The van der Waals surface area contributed by atoms with Crippen molar-refractivity contribution in [2.45, 2.75) is 31.8 Å². The minimum absolute atomic E-state index is 0.303. The summed E-state index contributed by atoms with van der Waals surface area (Å²) in [5.41, 5.74) is 1.60. The normalized spacial score (nSPS) is 30.9. The van der Waals surface area contributed by atoms with Crippen molar-refractivity contribution < 1.29 is 9.47 Å². The Hall–Kier alpha value is -0.950. The van der Waals surface area contributed by atoms with Gasteiger partial charge in [-0.3, -0.25) is 14.5 Å². The SMILES string of the molecule is Cn1cc(CN2CCOC[C@]3(CCN(C4CCOCC4)C3)C2)cn1. The van der Waals surface area contributed by atoms with Crippen molar-refractivity contribution in [3.05, 3.63) is 18.0 Å². The lowest BCUT2D eigenvalue weighted by Gasteiger charge is -2.35. The van der Waals surface area contributed by atoms with Gasteiger partial charge in [0.25, 0.3) is 0 Å². The first-order chi connectivity index (χ1) is 11.7. The van der Waals surface area contributed by atoms with E-state index in [2.05, 4.69) is 21.1 Å². The Morgan fingerprint density at radius 2 is 2.04 bits per heavy atom. The molecule has 6 nitrogen and oxygen atoms in total. The number of aryl methyl sites for hydroxylation is 1. The van der Waals surface area contributed by atoms with E-state index >= 15 is 0 Å². The van der Waals surface area contributed by atoms with Gasteiger partial charge in [-0.25, -0.2) is 0 Å². The van der Waals surface area contributed by atoms with Gasteiger partial charge in [0.05, 0.1) is 19.4 Å². The monoisotopic (exact) mass is 334 g/mol. The van der Waals surface area contributed by atoms with Crippen LogP contribution in [0.15, 0.2) is 12.4 Å². The Morgan fingerprint density at radius 1 is 1.17 bits per heavy atom. The van der Waals surface area contributed by atoms with E-state index in [9.17, 15) is 0 Å². The molecule has 0 saturated carbocycles. The highest BCUT2D eigenvalue weighted by Crippen LogP contribution is 2.36. The molecule has 0 aromatic carbocycles. The van der Waals surface area contributed by atoms with Gasteiger partial charge in [0.2, 0.25) is 0 Å². The molecule has 1 spiro atoms. The van der Waals surface area contributed by atoms with Crippen molar-refractivity contribution in [3.63, 3.8) is 0 Å². The molecular weight excluding hydrogens is 304 g/mol. The maximum atomic E-state index is 6.03. The Labute approximate surface area is 144 Å². The van der Waals surface area contributed by atoms with Gasteiger partial charge >= 0.3 is 0 Å². The quantitative estimate of drug-likeness (QED) is 0.829. The zero-order valence-electron chi connectivity index (χ0n) is 14.8. The number of hydrogen-bond donors (Lipinski definition) is 0. The molecule has 0 N–H and O–H groups in total. The lowest BCUT2D eigenvalue weighted by Crippen LogP contribution is -2.43. The molecule has 0 amide bonds.